The number of benzene rings is 4. The number of nitrogens with one attached hydrogen (secondary N) is 1. The lowest BCUT2D eigenvalue weighted by Crippen LogP contribution is -2.25. The molecule has 0 spiro atoms. The quantitative estimate of drug-likeness (QED) is 0.191. The molecule has 230 valence electrons. The molecule has 1 amide bonds. The van der Waals surface area contributed by atoms with Crippen molar-refractivity contribution in [2.24, 2.45) is 0 Å². The molecule has 0 unspecified atom stereocenters. The van der Waals surface area contributed by atoms with Gasteiger partial charge in [0.2, 0.25) is 10.0 Å². The van der Waals surface area contributed by atoms with E-state index in [0.717, 1.165) is 28.1 Å². The maximum Gasteiger partial charge on any atom is 0.416 e. The van der Waals surface area contributed by atoms with Crippen LogP contribution in [0.2, 0.25) is 0 Å². The number of rotatable bonds is 6. The van der Waals surface area contributed by atoms with Crippen LogP contribution in [0, 0.1) is 5.82 Å². The van der Waals surface area contributed by atoms with Crippen molar-refractivity contribution in [1.82, 2.24) is 9.88 Å². The van der Waals surface area contributed by atoms with Gasteiger partial charge in [-0.25, -0.2) is 12.8 Å². The zero-order valence-corrected chi connectivity index (χ0v) is 24.9. The topological polar surface area (TPSA) is 84.6 Å². The number of halogens is 4. The van der Waals surface area contributed by atoms with E-state index < -0.39 is 33.5 Å². The number of carbonyl (C=O) groups excluding carboxylic acids is 1. The molecule has 0 radical (unpaired) electrons. The molecule has 0 aliphatic heterocycles. The lowest BCUT2D eigenvalue weighted by molar-refractivity contribution is -0.137. The van der Waals surface area contributed by atoms with Gasteiger partial charge in [-0.05, 0) is 77.7 Å². The van der Waals surface area contributed by atoms with Gasteiger partial charge in [0.15, 0.2) is 0 Å². The van der Waals surface area contributed by atoms with Crippen molar-refractivity contribution in [3.05, 3.63) is 108 Å². The van der Waals surface area contributed by atoms with Crippen LogP contribution < -0.4 is 9.62 Å². The van der Waals surface area contributed by atoms with E-state index in [4.69, 9.17) is 4.42 Å². The van der Waals surface area contributed by atoms with Crippen LogP contribution >= 0.6 is 0 Å². The summed E-state index contributed by atoms with van der Waals surface area (Å²) in [6.45, 7) is 0. The predicted octanol–water partition coefficient (Wildman–Crippen LogP) is 7.62. The number of anilines is 1. The summed E-state index contributed by atoms with van der Waals surface area (Å²) in [5, 5.41) is 3.80. The third-order valence-corrected chi connectivity index (χ3v) is 8.87. The number of hydrogen-bond donors (Lipinski definition) is 1. The second-order valence-corrected chi connectivity index (χ2v) is 12.5. The van der Waals surface area contributed by atoms with E-state index in [1.807, 2.05) is 12.1 Å². The average Bonchev–Trinajstić information content (AvgIpc) is 3.60. The first kappa shape index (κ1) is 29.9. The van der Waals surface area contributed by atoms with Crippen molar-refractivity contribution in [3.8, 4) is 28.1 Å². The molecule has 2 aromatic heterocycles. The molecule has 1 N–H and O–H groups in total. The minimum absolute atomic E-state index is 0.182. The fourth-order valence-electron chi connectivity index (χ4n) is 5.29. The second kappa shape index (κ2) is 10.8. The first-order valence-electron chi connectivity index (χ1n) is 13.6. The minimum Gasteiger partial charge on any atom is -0.455 e. The first-order chi connectivity index (χ1) is 21.3. The van der Waals surface area contributed by atoms with Crippen LogP contribution in [-0.2, 0) is 16.2 Å². The number of carbonyl (C=O) groups is 1. The molecule has 6 rings (SSSR count). The number of hydrogen-bond acceptors (Lipinski definition) is 4. The van der Waals surface area contributed by atoms with E-state index in [9.17, 15) is 30.8 Å². The number of nitrogens with zero attached hydrogens (tertiary/aromatic N) is 2. The van der Waals surface area contributed by atoms with Crippen LogP contribution in [0.3, 0.4) is 0 Å². The summed E-state index contributed by atoms with van der Waals surface area (Å²) < 4.78 is 87.7. The number of sulfonamides is 1. The summed E-state index contributed by atoms with van der Waals surface area (Å²) in [6, 6.07) is 20.6. The highest BCUT2D eigenvalue weighted by atomic mass is 32.2. The zero-order valence-electron chi connectivity index (χ0n) is 24.1. The Bertz CT molecular complexity index is 2200. The number of fused-ring (bicyclic) bond motifs is 2. The Balaban J connectivity index is 1.59. The number of aromatic nitrogens is 1. The highest BCUT2D eigenvalue weighted by Gasteiger charge is 2.30. The Kier molecular flexibility index (Phi) is 7.19. The Labute approximate surface area is 255 Å². The molecule has 4 aromatic carbocycles. The maximum atomic E-state index is 13.7. The molecule has 45 heavy (non-hydrogen) atoms. The number of amides is 1. The van der Waals surface area contributed by atoms with Crippen LogP contribution in [0.15, 0.2) is 95.5 Å². The summed E-state index contributed by atoms with van der Waals surface area (Å²) >= 11 is 0. The molecule has 12 heteroatoms. The van der Waals surface area contributed by atoms with E-state index >= 15 is 0 Å². The Morgan fingerprint density at radius 3 is 2.20 bits per heavy atom. The first-order valence-corrected chi connectivity index (χ1v) is 15.4. The largest absolute Gasteiger partial charge is 0.455 e. The molecular weight excluding hydrogens is 610 g/mol. The average molecular weight is 636 g/mol. The summed E-state index contributed by atoms with van der Waals surface area (Å²) in [6.07, 6.45) is -1.68. The third kappa shape index (κ3) is 5.42. The third-order valence-electron chi connectivity index (χ3n) is 7.68. The van der Waals surface area contributed by atoms with Gasteiger partial charge < -0.3 is 14.3 Å². The minimum atomic E-state index is -4.47. The zero-order chi connectivity index (χ0) is 32.3. The van der Waals surface area contributed by atoms with Crippen molar-refractivity contribution in [2.45, 2.75) is 6.18 Å². The Morgan fingerprint density at radius 2 is 1.58 bits per heavy atom. The van der Waals surface area contributed by atoms with Gasteiger partial charge in [-0.3, -0.25) is 9.10 Å². The van der Waals surface area contributed by atoms with Gasteiger partial charge in [-0.2, -0.15) is 13.2 Å². The second-order valence-electron chi connectivity index (χ2n) is 10.5. The van der Waals surface area contributed by atoms with Gasteiger partial charge in [-0.1, -0.05) is 12.1 Å². The molecule has 0 bridgehead atoms. The lowest BCUT2D eigenvalue weighted by atomic mass is 9.98. The summed E-state index contributed by atoms with van der Waals surface area (Å²) in [7, 11) is -0.902. The van der Waals surface area contributed by atoms with Crippen LogP contribution in [-0.4, -0.2) is 39.2 Å². The highest BCUT2D eigenvalue weighted by Crippen LogP contribution is 2.42. The van der Waals surface area contributed by atoms with E-state index in [1.54, 1.807) is 29.0 Å². The monoisotopic (exact) mass is 635 g/mol. The van der Waals surface area contributed by atoms with Crippen LogP contribution in [0.5, 0.6) is 0 Å². The van der Waals surface area contributed by atoms with Crippen molar-refractivity contribution in [2.75, 3.05) is 24.7 Å². The standard InChI is InChI=1S/C33H25F4N3O4S/c1-38-32(41)30-26-17-25(28(39(2)45(3,42)43)18-29(26)44-31(30)20-6-10-23(34)11-7-20)21-5-4-19-14-15-40(27(19)16-21)24-12-8-22(9-13-24)33(35,36)37/h4-18H,1-3H3,(H,38,41). The van der Waals surface area contributed by atoms with Gasteiger partial charge in [0.05, 0.1) is 28.6 Å². The molecule has 7 nitrogen and oxygen atoms in total. The SMILES string of the molecule is CNC(=O)c1c(-c2ccc(F)cc2)oc2cc(N(C)S(C)(=O)=O)c(-c3ccc4ccn(-c5ccc(C(F)(F)F)cc5)c4c3)cc12. The van der Waals surface area contributed by atoms with Gasteiger partial charge in [-0.15, -0.1) is 0 Å². The van der Waals surface area contributed by atoms with Gasteiger partial charge in [0.25, 0.3) is 5.91 Å². The summed E-state index contributed by atoms with van der Waals surface area (Å²) in [5.41, 5.74) is 2.55. The van der Waals surface area contributed by atoms with E-state index in [2.05, 4.69) is 5.32 Å². The number of furan rings is 1. The van der Waals surface area contributed by atoms with Crippen LogP contribution in [0.4, 0.5) is 23.2 Å². The molecule has 0 fully saturated rings. The number of alkyl halides is 3. The normalized spacial score (nSPS) is 12.2. The fourth-order valence-corrected chi connectivity index (χ4v) is 5.80. The summed E-state index contributed by atoms with van der Waals surface area (Å²) in [4.78, 5) is 13.2. The molecule has 2 heterocycles. The fraction of sp³-hybridized carbons (Fsp3) is 0.121. The summed E-state index contributed by atoms with van der Waals surface area (Å²) in [5.74, 6) is -0.747. The molecule has 0 aliphatic rings. The molecular formula is C33H25F4N3O4S. The maximum absolute atomic E-state index is 13.7. The molecule has 6 aromatic rings. The van der Waals surface area contributed by atoms with E-state index in [-0.39, 0.29) is 22.6 Å². The van der Waals surface area contributed by atoms with Crippen molar-refractivity contribution in [1.29, 1.82) is 0 Å². The lowest BCUT2D eigenvalue weighted by Gasteiger charge is -2.21. The van der Waals surface area contributed by atoms with E-state index in [0.29, 0.717) is 33.3 Å². The molecule has 0 saturated heterocycles. The highest BCUT2D eigenvalue weighted by molar-refractivity contribution is 7.92. The van der Waals surface area contributed by atoms with Gasteiger partial charge in [0, 0.05) is 48.6 Å². The van der Waals surface area contributed by atoms with Crippen LogP contribution in [0.25, 0.3) is 50.0 Å². The molecule has 0 atom stereocenters. The van der Waals surface area contributed by atoms with Gasteiger partial charge in [0.1, 0.15) is 17.2 Å². The smallest absolute Gasteiger partial charge is 0.416 e. The predicted molar refractivity (Wildman–Crippen MR) is 166 cm³/mol. The van der Waals surface area contributed by atoms with Crippen molar-refractivity contribution >= 4 is 43.5 Å². The van der Waals surface area contributed by atoms with Crippen molar-refractivity contribution in [3.63, 3.8) is 0 Å². The van der Waals surface area contributed by atoms with Crippen LogP contribution in [0.1, 0.15) is 15.9 Å². The molecule has 0 aliphatic carbocycles. The van der Waals surface area contributed by atoms with Crippen molar-refractivity contribution < 1.29 is 35.2 Å². The Hall–Kier alpha value is -5.10. The van der Waals surface area contributed by atoms with Gasteiger partial charge >= 0.3 is 6.18 Å². The van der Waals surface area contributed by atoms with E-state index in [1.165, 1.54) is 56.6 Å². The Morgan fingerprint density at radius 1 is 0.911 bits per heavy atom. The molecule has 0 saturated carbocycles.